The van der Waals surface area contributed by atoms with Gasteiger partial charge in [-0.1, -0.05) is 6.07 Å². The third-order valence-electron chi connectivity index (χ3n) is 3.75. The summed E-state index contributed by atoms with van der Waals surface area (Å²) in [6.07, 6.45) is 1.00. The van der Waals surface area contributed by atoms with Crippen molar-refractivity contribution in [2.75, 3.05) is 44.2 Å². The van der Waals surface area contributed by atoms with Crippen LogP contribution in [-0.2, 0) is 0 Å². The Morgan fingerprint density at radius 3 is 2.80 bits per heavy atom. The average molecular weight is 279 g/mol. The zero-order chi connectivity index (χ0) is 14.5. The third kappa shape index (κ3) is 3.46. The fourth-order valence-corrected chi connectivity index (χ4v) is 2.63. The maximum Gasteiger partial charge on any atom is 0.271 e. The van der Waals surface area contributed by atoms with Crippen LogP contribution in [0.5, 0.6) is 0 Å². The fourth-order valence-electron chi connectivity index (χ4n) is 2.63. The summed E-state index contributed by atoms with van der Waals surface area (Å²) in [4.78, 5) is 15.0. The quantitative estimate of drug-likeness (QED) is 0.666. The van der Waals surface area contributed by atoms with Gasteiger partial charge in [0, 0.05) is 44.0 Å². The number of aliphatic hydroxyl groups excluding tert-OH is 1. The minimum atomic E-state index is -0.348. The third-order valence-corrected chi connectivity index (χ3v) is 3.75. The van der Waals surface area contributed by atoms with E-state index in [2.05, 4.69) is 9.80 Å². The van der Waals surface area contributed by atoms with Gasteiger partial charge in [0.1, 0.15) is 0 Å². The average Bonchev–Trinajstić information content (AvgIpc) is 2.65. The molecule has 1 saturated heterocycles. The molecule has 20 heavy (non-hydrogen) atoms. The van der Waals surface area contributed by atoms with Crippen LogP contribution in [0.3, 0.4) is 0 Å². The topological polar surface area (TPSA) is 69.9 Å². The number of aryl methyl sites for hydroxylation is 1. The van der Waals surface area contributed by atoms with Crippen molar-refractivity contribution in [1.82, 2.24) is 4.90 Å². The number of hydrogen-bond acceptors (Lipinski definition) is 5. The van der Waals surface area contributed by atoms with Gasteiger partial charge in [0.05, 0.1) is 11.5 Å². The first-order chi connectivity index (χ1) is 9.61. The number of benzene rings is 1. The Balaban J connectivity index is 2.14. The van der Waals surface area contributed by atoms with Crippen molar-refractivity contribution in [3.8, 4) is 0 Å². The summed E-state index contributed by atoms with van der Waals surface area (Å²) in [6.45, 7) is 6.42. The largest absolute Gasteiger partial charge is 0.395 e. The molecule has 110 valence electrons. The highest BCUT2D eigenvalue weighted by Crippen LogP contribution is 2.26. The van der Waals surface area contributed by atoms with Crippen molar-refractivity contribution in [2.45, 2.75) is 13.3 Å². The van der Waals surface area contributed by atoms with Gasteiger partial charge < -0.3 is 10.0 Å². The van der Waals surface area contributed by atoms with E-state index in [1.165, 1.54) is 0 Å². The molecule has 0 spiro atoms. The van der Waals surface area contributed by atoms with E-state index in [0.717, 1.165) is 43.9 Å². The highest BCUT2D eigenvalue weighted by atomic mass is 16.6. The Morgan fingerprint density at radius 1 is 1.30 bits per heavy atom. The number of non-ortho nitro benzene ring substituents is 1. The van der Waals surface area contributed by atoms with Crippen molar-refractivity contribution < 1.29 is 10.0 Å². The molecule has 1 fully saturated rings. The lowest BCUT2D eigenvalue weighted by Crippen LogP contribution is -2.32. The Labute approximate surface area is 118 Å². The van der Waals surface area contributed by atoms with E-state index < -0.39 is 0 Å². The van der Waals surface area contributed by atoms with Gasteiger partial charge in [-0.25, -0.2) is 0 Å². The lowest BCUT2D eigenvalue weighted by Gasteiger charge is -2.24. The van der Waals surface area contributed by atoms with Crippen molar-refractivity contribution in [3.05, 3.63) is 33.9 Å². The number of aliphatic hydroxyl groups is 1. The first kappa shape index (κ1) is 14.7. The summed E-state index contributed by atoms with van der Waals surface area (Å²) < 4.78 is 0. The summed E-state index contributed by atoms with van der Waals surface area (Å²) in [5, 5.41) is 19.9. The maximum atomic E-state index is 10.9. The lowest BCUT2D eigenvalue weighted by atomic mass is 10.1. The molecule has 6 nitrogen and oxygen atoms in total. The molecule has 0 unspecified atom stereocenters. The van der Waals surface area contributed by atoms with Gasteiger partial charge in [0.2, 0.25) is 0 Å². The Hall–Kier alpha value is -1.66. The van der Waals surface area contributed by atoms with Gasteiger partial charge in [-0.15, -0.1) is 0 Å². The first-order valence-electron chi connectivity index (χ1n) is 6.95. The molecule has 1 aromatic carbocycles. The predicted octanol–water partition coefficient (Wildman–Crippen LogP) is 1.41. The van der Waals surface area contributed by atoms with Crippen LogP contribution in [0.2, 0.25) is 0 Å². The van der Waals surface area contributed by atoms with E-state index in [0.29, 0.717) is 6.54 Å². The number of β-amino-alcohol motifs (C(OH)–C–C–N with tert-alkyl or cyclic N) is 1. The minimum absolute atomic E-state index is 0.141. The second-order valence-electron chi connectivity index (χ2n) is 5.13. The normalized spacial score (nSPS) is 17.0. The highest BCUT2D eigenvalue weighted by Gasteiger charge is 2.18. The maximum absolute atomic E-state index is 10.9. The van der Waals surface area contributed by atoms with Crippen LogP contribution in [0.1, 0.15) is 12.0 Å². The summed E-state index contributed by atoms with van der Waals surface area (Å²) >= 11 is 0. The fraction of sp³-hybridized carbons (Fsp3) is 0.571. The number of rotatable bonds is 4. The number of nitrogens with zero attached hydrogens (tertiary/aromatic N) is 3. The first-order valence-corrected chi connectivity index (χ1v) is 6.95. The Morgan fingerprint density at radius 2 is 2.10 bits per heavy atom. The molecule has 0 bridgehead atoms. The van der Waals surface area contributed by atoms with Crippen LogP contribution in [0.15, 0.2) is 18.2 Å². The molecule has 1 aliphatic rings. The van der Waals surface area contributed by atoms with Crippen LogP contribution in [-0.4, -0.2) is 54.3 Å². The van der Waals surface area contributed by atoms with Crippen molar-refractivity contribution in [3.63, 3.8) is 0 Å². The smallest absolute Gasteiger partial charge is 0.271 e. The molecule has 1 aliphatic heterocycles. The van der Waals surface area contributed by atoms with Crippen molar-refractivity contribution in [2.24, 2.45) is 0 Å². The van der Waals surface area contributed by atoms with Gasteiger partial charge in [0.25, 0.3) is 5.69 Å². The SMILES string of the molecule is Cc1ccc([N+](=O)[O-])cc1N1CCCN(CCO)CC1. The zero-order valence-electron chi connectivity index (χ0n) is 11.8. The van der Waals surface area contributed by atoms with Crippen LogP contribution >= 0.6 is 0 Å². The monoisotopic (exact) mass is 279 g/mol. The number of nitro groups is 1. The van der Waals surface area contributed by atoms with E-state index in [9.17, 15) is 10.1 Å². The zero-order valence-corrected chi connectivity index (χ0v) is 11.8. The minimum Gasteiger partial charge on any atom is -0.395 e. The molecule has 0 saturated carbocycles. The van der Waals surface area contributed by atoms with Gasteiger partial charge in [0.15, 0.2) is 0 Å². The van der Waals surface area contributed by atoms with Crippen LogP contribution in [0, 0.1) is 17.0 Å². The molecule has 6 heteroatoms. The molecule has 1 aromatic rings. The highest BCUT2D eigenvalue weighted by molar-refractivity contribution is 5.58. The molecule has 2 rings (SSSR count). The lowest BCUT2D eigenvalue weighted by molar-refractivity contribution is -0.384. The van der Waals surface area contributed by atoms with Crippen LogP contribution < -0.4 is 4.90 Å². The second-order valence-corrected chi connectivity index (χ2v) is 5.13. The summed E-state index contributed by atoms with van der Waals surface area (Å²) in [7, 11) is 0. The molecular formula is C14H21N3O3. The standard InChI is InChI=1S/C14H21N3O3/c1-12-3-4-13(17(19)20)11-14(12)16-6-2-5-15(7-8-16)9-10-18/h3-4,11,18H,2,5-10H2,1H3. The Kier molecular flexibility index (Phi) is 4.92. The van der Waals surface area contributed by atoms with E-state index in [1.54, 1.807) is 12.1 Å². The van der Waals surface area contributed by atoms with E-state index >= 15 is 0 Å². The number of anilines is 1. The predicted molar refractivity (Wildman–Crippen MR) is 78.2 cm³/mol. The summed E-state index contributed by atoms with van der Waals surface area (Å²) in [5.74, 6) is 0. The molecular weight excluding hydrogens is 258 g/mol. The molecule has 0 amide bonds. The van der Waals surface area contributed by atoms with Crippen molar-refractivity contribution in [1.29, 1.82) is 0 Å². The van der Waals surface area contributed by atoms with Gasteiger partial charge in [-0.2, -0.15) is 0 Å². The number of nitro benzene ring substituents is 1. The summed E-state index contributed by atoms with van der Waals surface area (Å²) in [6, 6.07) is 5.02. The molecule has 1 N–H and O–H groups in total. The van der Waals surface area contributed by atoms with Gasteiger partial charge >= 0.3 is 0 Å². The summed E-state index contributed by atoms with van der Waals surface area (Å²) in [5.41, 5.74) is 2.15. The number of hydrogen-bond donors (Lipinski definition) is 1. The van der Waals surface area contributed by atoms with Gasteiger partial charge in [-0.05, 0) is 25.5 Å². The van der Waals surface area contributed by atoms with E-state index in [1.807, 2.05) is 13.0 Å². The van der Waals surface area contributed by atoms with Crippen molar-refractivity contribution >= 4 is 11.4 Å². The van der Waals surface area contributed by atoms with Crippen LogP contribution in [0.25, 0.3) is 0 Å². The van der Waals surface area contributed by atoms with E-state index in [4.69, 9.17) is 5.11 Å². The van der Waals surface area contributed by atoms with E-state index in [-0.39, 0.29) is 17.2 Å². The molecule has 0 radical (unpaired) electrons. The second kappa shape index (κ2) is 6.67. The van der Waals surface area contributed by atoms with Crippen LogP contribution in [0.4, 0.5) is 11.4 Å². The molecule has 0 atom stereocenters. The Bertz CT molecular complexity index is 479. The van der Waals surface area contributed by atoms with Gasteiger partial charge in [-0.3, -0.25) is 15.0 Å². The molecule has 1 heterocycles. The molecule has 0 aromatic heterocycles. The molecule has 0 aliphatic carbocycles.